The molecule has 0 unspecified atom stereocenters. The Bertz CT molecular complexity index is 1120. The third-order valence-corrected chi connectivity index (χ3v) is 5.74. The van der Waals surface area contributed by atoms with Crippen molar-refractivity contribution in [1.29, 1.82) is 0 Å². The van der Waals surface area contributed by atoms with Crippen LogP contribution in [0.1, 0.15) is 33.4 Å². The summed E-state index contributed by atoms with van der Waals surface area (Å²) in [7, 11) is 0. The van der Waals surface area contributed by atoms with Crippen LogP contribution in [0.5, 0.6) is 0 Å². The minimum Gasteiger partial charge on any atom is -0.321 e. The van der Waals surface area contributed by atoms with Crippen molar-refractivity contribution >= 4 is 33.1 Å². The second-order valence-electron chi connectivity index (χ2n) is 6.67. The molecule has 1 N–H and O–H groups in total. The van der Waals surface area contributed by atoms with Crippen molar-refractivity contribution in [3.8, 4) is 5.69 Å². The van der Waals surface area contributed by atoms with Crippen molar-refractivity contribution < 1.29 is 4.79 Å². The average Bonchev–Trinajstić information content (AvgIpc) is 3.23. The van der Waals surface area contributed by atoms with E-state index in [0.717, 1.165) is 33.7 Å². The molecule has 2 aromatic heterocycles. The Morgan fingerprint density at radius 1 is 1.11 bits per heavy atom. The smallest absolute Gasteiger partial charge is 0.265 e. The number of amides is 1. The predicted molar refractivity (Wildman–Crippen MR) is 112 cm³/mol. The Morgan fingerprint density at radius 2 is 1.89 bits per heavy atom. The van der Waals surface area contributed by atoms with Crippen LogP contribution in [0.25, 0.3) is 15.9 Å². The van der Waals surface area contributed by atoms with E-state index in [0.29, 0.717) is 4.88 Å². The van der Waals surface area contributed by atoms with Gasteiger partial charge in [-0.2, -0.15) is 5.10 Å². The summed E-state index contributed by atoms with van der Waals surface area (Å²) in [5, 5.41) is 8.67. The van der Waals surface area contributed by atoms with E-state index in [-0.39, 0.29) is 5.91 Å². The van der Waals surface area contributed by atoms with Crippen molar-refractivity contribution in [2.24, 2.45) is 0 Å². The van der Waals surface area contributed by atoms with Gasteiger partial charge in [0.05, 0.1) is 16.3 Å². The second kappa shape index (κ2) is 7.00. The Balaban J connectivity index is 1.66. The van der Waals surface area contributed by atoms with Crippen LogP contribution in [0, 0.1) is 13.8 Å². The lowest BCUT2D eigenvalue weighted by Gasteiger charge is -2.05. The fraction of sp³-hybridized carbons (Fsp3) is 0.182. The monoisotopic (exact) mass is 375 g/mol. The Morgan fingerprint density at radius 3 is 2.59 bits per heavy atom. The maximum atomic E-state index is 12.7. The van der Waals surface area contributed by atoms with Gasteiger partial charge < -0.3 is 5.32 Å². The lowest BCUT2D eigenvalue weighted by atomic mass is 10.1. The van der Waals surface area contributed by atoms with Gasteiger partial charge in [0.2, 0.25) is 0 Å². The van der Waals surface area contributed by atoms with Crippen LogP contribution in [0.15, 0.2) is 54.6 Å². The molecule has 0 aliphatic rings. The molecule has 2 aromatic carbocycles. The number of carbonyl (C=O) groups excluding carboxylic acids is 1. The van der Waals surface area contributed by atoms with Crippen LogP contribution >= 0.6 is 11.3 Å². The van der Waals surface area contributed by atoms with Crippen molar-refractivity contribution in [2.45, 2.75) is 27.2 Å². The van der Waals surface area contributed by atoms with Crippen LogP contribution in [0.4, 0.5) is 5.69 Å². The molecule has 4 aromatic rings. The molecule has 0 saturated heterocycles. The topological polar surface area (TPSA) is 46.9 Å². The molecule has 0 fully saturated rings. The molecule has 0 bridgehead atoms. The zero-order valence-corrected chi connectivity index (χ0v) is 16.4. The molecular formula is C22H21N3OS. The number of hydrogen-bond acceptors (Lipinski definition) is 3. The Labute approximate surface area is 162 Å². The highest BCUT2D eigenvalue weighted by molar-refractivity contribution is 7.20. The summed E-state index contributed by atoms with van der Waals surface area (Å²) in [6.07, 6.45) is 0.985. The first-order chi connectivity index (χ1) is 13.0. The molecule has 0 aliphatic heterocycles. The van der Waals surface area contributed by atoms with Gasteiger partial charge in [-0.3, -0.25) is 4.79 Å². The third kappa shape index (κ3) is 3.38. The number of hydrogen-bond donors (Lipinski definition) is 1. The summed E-state index contributed by atoms with van der Waals surface area (Å²) in [6.45, 7) is 6.16. The van der Waals surface area contributed by atoms with Crippen molar-refractivity contribution in [1.82, 2.24) is 9.78 Å². The summed E-state index contributed by atoms with van der Waals surface area (Å²) >= 11 is 1.47. The van der Waals surface area contributed by atoms with Crippen LogP contribution < -0.4 is 5.32 Å². The van der Waals surface area contributed by atoms with E-state index in [1.807, 2.05) is 54.1 Å². The van der Waals surface area contributed by atoms with Gasteiger partial charge in [-0.15, -0.1) is 11.3 Å². The van der Waals surface area contributed by atoms with E-state index in [1.165, 1.54) is 22.5 Å². The summed E-state index contributed by atoms with van der Waals surface area (Å²) < 4.78 is 1.93. The molecule has 0 spiro atoms. The van der Waals surface area contributed by atoms with Crippen LogP contribution in [-0.2, 0) is 6.42 Å². The molecule has 0 atom stereocenters. The maximum absolute atomic E-state index is 12.7. The van der Waals surface area contributed by atoms with Gasteiger partial charge in [-0.05, 0) is 61.7 Å². The second-order valence-corrected chi connectivity index (χ2v) is 7.70. The van der Waals surface area contributed by atoms with E-state index < -0.39 is 0 Å². The summed E-state index contributed by atoms with van der Waals surface area (Å²) in [4.78, 5) is 14.4. The predicted octanol–water partition coefficient (Wildman–Crippen LogP) is 5.52. The molecule has 1 amide bonds. The molecule has 0 aliphatic carbocycles. The van der Waals surface area contributed by atoms with Crippen LogP contribution in [0.2, 0.25) is 0 Å². The number of nitrogens with zero attached hydrogens (tertiary/aromatic N) is 2. The maximum Gasteiger partial charge on any atom is 0.265 e. The molecule has 5 heteroatoms. The number of benzene rings is 2. The number of aryl methyl sites for hydroxylation is 3. The molecule has 27 heavy (non-hydrogen) atoms. The largest absolute Gasteiger partial charge is 0.321 e. The van der Waals surface area contributed by atoms with Crippen molar-refractivity contribution in [3.63, 3.8) is 0 Å². The van der Waals surface area contributed by atoms with Gasteiger partial charge in [0.1, 0.15) is 4.83 Å². The highest BCUT2D eigenvalue weighted by Gasteiger charge is 2.17. The van der Waals surface area contributed by atoms with E-state index in [4.69, 9.17) is 0 Å². The molecule has 0 saturated carbocycles. The Hall–Kier alpha value is -2.92. The zero-order valence-electron chi connectivity index (χ0n) is 15.6. The quantitative estimate of drug-likeness (QED) is 0.510. The van der Waals surface area contributed by atoms with Gasteiger partial charge in [0, 0.05) is 11.1 Å². The van der Waals surface area contributed by atoms with E-state index >= 15 is 0 Å². The zero-order chi connectivity index (χ0) is 19.0. The minimum absolute atomic E-state index is 0.0874. The normalized spacial score (nSPS) is 11.1. The third-order valence-electron chi connectivity index (χ3n) is 4.63. The van der Waals surface area contributed by atoms with Crippen LogP contribution in [0.3, 0.4) is 0 Å². The summed E-state index contributed by atoms with van der Waals surface area (Å²) in [6, 6.07) is 18.1. The first-order valence-corrected chi connectivity index (χ1v) is 9.83. The fourth-order valence-electron chi connectivity index (χ4n) is 3.11. The Kier molecular flexibility index (Phi) is 4.54. The number of rotatable bonds is 4. The average molecular weight is 375 g/mol. The van der Waals surface area contributed by atoms with E-state index in [2.05, 4.69) is 36.4 Å². The molecule has 2 heterocycles. The molecular weight excluding hydrogens is 354 g/mol. The standard InChI is InChI=1S/C22H21N3OS/c1-4-16-8-10-17(11-9-16)23-21(26)20-13-19-15(3)24-25(22(19)27-20)18-7-5-6-14(2)12-18/h5-13H,4H2,1-3H3,(H,23,26). The van der Waals surface area contributed by atoms with Crippen molar-refractivity contribution in [3.05, 3.63) is 76.3 Å². The molecule has 0 radical (unpaired) electrons. The minimum atomic E-state index is -0.0874. The highest BCUT2D eigenvalue weighted by atomic mass is 32.1. The van der Waals surface area contributed by atoms with Crippen LogP contribution in [-0.4, -0.2) is 15.7 Å². The number of thiophene rings is 1. The van der Waals surface area contributed by atoms with Crippen molar-refractivity contribution in [2.75, 3.05) is 5.32 Å². The number of carbonyl (C=O) groups is 1. The lowest BCUT2D eigenvalue weighted by molar-refractivity contribution is 0.103. The fourth-order valence-corrected chi connectivity index (χ4v) is 4.19. The number of nitrogens with one attached hydrogen (secondary N) is 1. The highest BCUT2D eigenvalue weighted by Crippen LogP contribution is 2.31. The number of fused-ring (bicyclic) bond motifs is 1. The first-order valence-electron chi connectivity index (χ1n) is 9.01. The van der Waals surface area contributed by atoms with Gasteiger partial charge >= 0.3 is 0 Å². The lowest BCUT2D eigenvalue weighted by Crippen LogP contribution is -2.10. The summed E-state index contributed by atoms with van der Waals surface area (Å²) in [5.41, 5.74) is 5.18. The van der Waals surface area contributed by atoms with Gasteiger partial charge in [-0.25, -0.2) is 4.68 Å². The van der Waals surface area contributed by atoms with E-state index in [9.17, 15) is 4.79 Å². The SMILES string of the molecule is CCc1ccc(NC(=O)c2cc3c(C)nn(-c4cccc(C)c4)c3s2)cc1. The van der Waals surface area contributed by atoms with Gasteiger partial charge in [-0.1, -0.05) is 31.2 Å². The first kappa shape index (κ1) is 17.5. The number of aromatic nitrogens is 2. The van der Waals surface area contributed by atoms with Gasteiger partial charge in [0.15, 0.2) is 0 Å². The van der Waals surface area contributed by atoms with Gasteiger partial charge in [0.25, 0.3) is 5.91 Å². The molecule has 4 nitrogen and oxygen atoms in total. The molecule has 136 valence electrons. The van der Waals surface area contributed by atoms with E-state index in [1.54, 1.807) is 0 Å². The molecule has 4 rings (SSSR count). The summed E-state index contributed by atoms with van der Waals surface area (Å²) in [5.74, 6) is -0.0874. The number of anilines is 1.